The number of carboxylic acid groups (broad SMARTS) is 1. The molecular formula is C14H17N3O2S. The third kappa shape index (κ3) is 3.14. The van der Waals surface area contributed by atoms with Crippen LogP contribution in [0.15, 0.2) is 12.3 Å². The normalized spacial score (nSPS) is 10.6. The minimum absolute atomic E-state index is 0.225. The number of carbonyl (C=O) groups is 1. The van der Waals surface area contributed by atoms with E-state index in [1.807, 2.05) is 13.1 Å². The molecule has 2 N–H and O–H groups in total. The number of nitrogens with zero attached hydrogens (tertiary/aromatic N) is 2. The van der Waals surface area contributed by atoms with Crippen molar-refractivity contribution in [2.24, 2.45) is 0 Å². The number of aryl methyl sites for hydroxylation is 3. The minimum atomic E-state index is -0.967. The Kier molecular flexibility index (Phi) is 4.34. The van der Waals surface area contributed by atoms with Crippen molar-refractivity contribution in [3.8, 4) is 0 Å². The molecule has 0 saturated heterocycles. The standard InChI is InChI=1S/C14H17N3O2S/c1-4-10-6-16-12(20-10)7-15-11-5-8(2)17-9(3)13(11)14(18)19/h5-6H,4,7H2,1-3H3,(H,15,17)(H,18,19). The fraction of sp³-hybridized carbons (Fsp3) is 0.357. The van der Waals surface area contributed by atoms with Gasteiger partial charge in [-0.15, -0.1) is 11.3 Å². The SMILES string of the molecule is CCc1cnc(CNc2cc(C)nc(C)c2C(=O)O)s1. The van der Waals surface area contributed by atoms with E-state index < -0.39 is 5.97 Å². The molecule has 0 bridgehead atoms. The van der Waals surface area contributed by atoms with Crippen LogP contribution in [0.5, 0.6) is 0 Å². The zero-order chi connectivity index (χ0) is 14.7. The van der Waals surface area contributed by atoms with Crippen LogP contribution in [-0.2, 0) is 13.0 Å². The lowest BCUT2D eigenvalue weighted by molar-refractivity contribution is 0.0696. The largest absolute Gasteiger partial charge is 0.478 e. The van der Waals surface area contributed by atoms with Gasteiger partial charge in [-0.05, 0) is 26.3 Å². The second-order valence-electron chi connectivity index (χ2n) is 4.50. The van der Waals surface area contributed by atoms with E-state index in [0.717, 1.165) is 17.1 Å². The summed E-state index contributed by atoms with van der Waals surface area (Å²) < 4.78 is 0. The van der Waals surface area contributed by atoms with Gasteiger partial charge in [-0.2, -0.15) is 0 Å². The number of thiazole rings is 1. The van der Waals surface area contributed by atoms with Crippen molar-refractivity contribution < 1.29 is 9.90 Å². The maximum absolute atomic E-state index is 11.3. The first-order valence-electron chi connectivity index (χ1n) is 6.40. The van der Waals surface area contributed by atoms with Gasteiger partial charge in [-0.1, -0.05) is 6.92 Å². The summed E-state index contributed by atoms with van der Waals surface area (Å²) in [5.41, 5.74) is 2.13. The lowest BCUT2D eigenvalue weighted by atomic mass is 10.1. The van der Waals surface area contributed by atoms with Gasteiger partial charge in [0.2, 0.25) is 0 Å². The van der Waals surface area contributed by atoms with Crippen molar-refractivity contribution in [3.63, 3.8) is 0 Å². The number of nitrogens with one attached hydrogen (secondary N) is 1. The Morgan fingerprint density at radius 3 is 2.80 bits per heavy atom. The first kappa shape index (κ1) is 14.5. The van der Waals surface area contributed by atoms with Gasteiger partial charge in [0.25, 0.3) is 0 Å². The maximum atomic E-state index is 11.3. The van der Waals surface area contributed by atoms with Crippen molar-refractivity contribution in [1.29, 1.82) is 0 Å². The van der Waals surface area contributed by atoms with E-state index >= 15 is 0 Å². The van der Waals surface area contributed by atoms with E-state index in [1.54, 1.807) is 24.3 Å². The highest BCUT2D eigenvalue weighted by Gasteiger charge is 2.15. The summed E-state index contributed by atoms with van der Waals surface area (Å²) in [6.45, 7) is 6.17. The fourth-order valence-corrected chi connectivity index (χ4v) is 2.80. The molecule has 2 heterocycles. The Hall–Kier alpha value is -1.95. The molecule has 2 aromatic rings. The molecule has 0 atom stereocenters. The minimum Gasteiger partial charge on any atom is -0.478 e. The number of hydrogen-bond acceptors (Lipinski definition) is 5. The number of rotatable bonds is 5. The summed E-state index contributed by atoms with van der Waals surface area (Å²) in [4.78, 5) is 21.1. The van der Waals surface area contributed by atoms with Crippen LogP contribution in [0, 0.1) is 13.8 Å². The molecule has 5 nitrogen and oxygen atoms in total. The second-order valence-corrected chi connectivity index (χ2v) is 5.70. The molecule has 0 aromatic carbocycles. The van der Waals surface area contributed by atoms with Crippen LogP contribution in [0.2, 0.25) is 0 Å². The Morgan fingerprint density at radius 1 is 1.45 bits per heavy atom. The molecular weight excluding hydrogens is 274 g/mol. The Labute approximate surface area is 121 Å². The predicted molar refractivity (Wildman–Crippen MR) is 79.5 cm³/mol. The first-order chi connectivity index (χ1) is 9.51. The predicted octanol–water partition coefficient (Wildman–Crippen LogP) is 3.03. The van der Waals surface area contributed by atoms with Gasteiger partial charge < -0.3 is 10.4 Å². The van der Waals surface area contributed by atoms with Crippen LogP contribution in [-0.4, -0.2) is 21.0 Å². The zero-order valence-electron chi connectivity index (χ0n) is 11.7. The number of aromatic nitrogens is 2. The van der Waals surface area contributed by atoms with E-state index in [2.05, 4.69) is 22.2 Å². The molecule has 0 spiro atoms. The average molecular weight is 291 g/mol. The average Bonchev–Trinajstić information content (AvgIpc) is 2.82. The molecule has 0 aliphatic heterocycles. The number of carboxylic acids is 1. The molecule has 0 amide bonds. The van der Waals surface area contributed by atoms with E-state index in [0.29, 0.717) is 17.9 Å². The molecule has 0 saturated carbocycles. The van der Waals surface area contributed by atoms with Gasteiger partial charge in [-0.3, -0.25) is 4.98 Å². The van der Waals surface area contributed by atoms with E-state index in [1.165, 1.54) is 4.88 Å². The van der Waals surface area contributed by atoms with Crippen LogP contribution in [0.25, 0.3) is 0 Å². The molecule has 6 heteroatoms. The zero-order valence-corrected chi connectivity index (χ0v) is 12.5. The molecule has 2 rings (SSSR count). The van der Waals surface area contributed by atoms with Crippen molar-refractivity contribution >= 4 is 23.0 Å². The smallest absolute Gasteiger partial charge is 0.339 e. The third-order valence-corrected chi connectivity index (χ3v) is 4.06. The fourth-order valence-electron chi connectivity index (χ4n) is 2.00. The van der Waals surface area contributed by atoms with Gasteiger partial charge in [0.15, 0.2) is 0 Å². The quantitative estimate of drug-likeness (QED) is 0.885. The third-order valence-electron chi connectivity index (χ3n) is 2.92. The summed E-state index contributed by atoms with van der Waals surface area (Å²) in [5, 5.41) is 13.4. The highest BCUT2D eigenvalue weighted by molar-refractivity contribution is 7.11. The van der Waals surface area contributed by atoms with Crippen LogP contribution < -0.4 is 5.32 Å². The van der Waals surface area contributed by atoms with Gasteiger partial charge in [0, 0.05) is 16.8 Å². The molecule has 0 radical (unpaired) electrons. The lowest BCUT2D eigenvalue weighted by Crippen LogP contribution is -2.10. The van der Waals surface area contributed by atoms with E-state index in [9.17, 15) is 9.90 Å². The Bertz CT molecular complexity index is 637. The molecule has 0 unspecified atom stereocenters. The lowest BCUT2D eigenvalue weighted by Gasteiger charge is -2.11. The summed E-state index contributed by atoms with van der Waals surface area (Å²) in [6, 6.07) is 1.75. The van der Waals surface area contributed by atoms with E-state index in [4.69, 9.17) is 0 Å². The number of pyridine rings is 1. The van der Waals surface area contributed by atoms with E-state index in [-0.39, 0.29) is 5.56 Å². The summed E-state index contributed by atoms with van der Waals surface area (Å²) in [5.74, 6) is -0.967. The highest BCUT2D eigenvalue weighted by Crippen LogP contribution is 2.21. The van der Waals surface area contributed by atoms with Gasteiger partial charge in [0.1, 0.15) is 10.6 Å². The van der Waals surface area contributed by atoms with Gasteiger partial charge in [0.05, 0.1) is 17.9 Å². The Morgan fingerprint density at radius 2 is 2.20 bits per heavy atom. The van der Waals surface area contributed by atoms with Gasteiger partial charge >= 0.3 is 5.97 Å². The van der Waals surface area contributed by atoms with Crippen molar-refractivity contribution in [1.82, 2.24) is 9.97 Å². The molecule has 0 fully saturated rings. The summed E-state index contributed by atoms with van der Waals surface area (Å²) in [7, 11) is 0. The molecule has 0 aliphatic carbocycles. The monoisotopic (exact) mass is 291 g/mol. The summed E-state index contributed by atoms with van der Waals surface area (Å²) in [6.07, 6.45) is 2.83. The second kappa shape index (κ2) is 6.00. The van der Waals surface area contributed by atoms with Crippen LogP contribution in [0.1, 0.15) is 38.6 Å². The number of aromatic carboxylic acids is 1. The topological polar surface area (TPSA) is 75.1 Å². The maximum Gasteiger partial charge on any atom is 0.339 e. The number of hydrogen-bond donors (Lipinski definition) is 2. The highest BCUT2D eigenvalue weighted by atomic mass is 32.1. The summed E-state index contributed by atoms with van der Waals surface area (Å²) >= 11 is 1.64. The van der Waals surface area contributed by atoms with Crippen molar-refractivity contribution in [2.45, 2.75) is 33.7 Å². The number of anilines is 1. The molecule has 106 valence electrons. The van der Waals surface area contributed by atoms with Crippen molar-refractivity contribution in [2.75, 3.05) is 5.32 Å². The van der Waals surface area contributed by atoms with Crippen molar-refractivity contribution in [3.05, 3.63) is 39.1 Å². The van der Waals surface area contributed by atoms with Crippen LogP contribution in [0.3, 0.4) is 0 Å². The van der Waals surface area contributed by atoms with Crippen LogP contribution >= 0.6 is 11.3 Å². The van der Waals surface area contributed by atoms with Gasteiger partial charge in [-0.25, -0.2) is 9.78 Å². The van der Waals surface area contributed by atoms with Crippen LogP contribution in [0.4, 0.5) is 5.69 Å². The molecule has 0 aliphatic rings. The first-order valence-corrected chi connectivity index (χ1v) is 7.22. The molecule has 20 heavy (non-hydrogen) atoms. The Balaban J connectivity index is 2.22. The molecule has 2 aromatic heterocycles.